The van der Waals surface area contributed by atoms with Gasteiger partial charge in [-0.05, 0) is 6.07 Å². The van der Waals surface area contributed by atoms with Crippen molar-refractivity contribution in [3.8, 4) is 0 Å². The normalized spacial score (nSPS) is 14.2. The summed E-state index contributed by atoms with van der Waals surface area (Å²) >= 11 is 5.40. The first kappa shape index (κ1) is 10.3. The van der Waals surface area contributed by atoms with E-state index in [4.69, 9.17) is 16.7 Å². The Morgan fingerprint density at radius 1 is 1.38 bits per heavy atom. The van der Waals surface area contributed by atoms with E-state index in [1.165, 1.54) is 6.20 Å². The SMILES string of the molecule is OC(c1cncc(Cl)c1)C(F)(F)F. The molecule has 0 aliphatic rings. The predicted molar refractivity (Wildman–Crippen MR) is 40.3 cm³/mol. The van der Waals surface area contributed by atoms with E-state index in [1.54, 1.807) is 0 Å². The molecule has 0 saturated carbocycles. The number of nitrogens with zero attached hydrogens (tertiary/aromatic N) is 1. The summed E-state index contributed by atoms with van der Waals surface area (Å²) in [5.74, 6) is 0. The minimum atomic E-state index is -4.69. The summed E-state index contributed by atoms with van der Waals surface area (Å²) in [5, 5.41) is 8.81. The molecule has 0 saturated heterocycles. The average Bonchev–Trinajstić information content (AvgIpc) is 2.01. The van der Waals surface area contributed by atoms with Crippen LogP contribution in [-0.2, 0) is 0 Å². The minimum absolute atomic E-state index is 0.0563. The molecule has 1 aromatic rings. The van der Waals surface area contributed by atoms with Crippen molar-refractivity contribution < 1.29 is 18.3 Å². The van der Waals surface area contributed by atoms with Crippen LogP contribution in [0.15, 0.2) is 18.5 Å². The van der Waals surface area contributed by atoms with Gasteiger partial charge in [-0.2, -0.15) is 13.2 Å². The van der Waals surface area contributed by atoms with E-state index in [-0.39, 0.29) is 10.6 Å². The van der Waals surface area contributed by atoms with E-state index >= 15 is 0 Å². The second-order valence-corrected chi connectivity index (χ2v) is 2.82. The number of aromatic nitrogens is 1. The van der Waals surface area contributed by atoms with Gasteiger partial charge >= 0.3 is 6.18 Å². The van der Waals surface area contributed by atoms with Gasteiger partial charge in [0.1, 0.15) is 0 Å². The topological polar surface area (TPSA) is 33.1 Å². The number of hydrogen-bond acceptors (Lipinski definition) is 2. The smallest absolute Gasteiger partial charge is 0.379 e. The molecule has 13 heavy (non-hydrogen) atoms. The van der Waals surface area contributed by atoms with Crippen LogP contribution in [0, 0.1) is 0 Å². The molecule has 1 atom stereocenters. The summed E-state index contributed by atoms with van der Waals surface area (Å²) in [5.41, 5.74) is -0.361. The van der Waals surface area contributed by atoms with Gasteiger partial charge in [-0.1, -0.05) is 11.6 Å². The fourth-order valence-corrected chi connectivity index (χ4v) is 0.949. The molecule has 1 heterocycles. The van der Waals surface area contributed by atoms with Gasteiger partial charge < -0.3 is 5.11 Å². The van der Waals surface area contributed by atoms with E-state index in [2.05, 4.69) is 4.98 Å². The van der Waals surface area contributed by atoms with Crippen LogP contribution in [0.4, 0.5) is 13.2 Å². The molecule has 0 spiro atoms. The number of halogens is 4. The van der Waals surface area contributed by atoms with Gasteiger partial charge in [0.2, 0.25) is 0 Å². The lowest BCUT2D eigenvalue weighted by atomic mass is 10.1. The number of rotatable bonds is 1. The van der Waals surface area contributed by atoms with E-state index < -0.39 is 12.3 Å². The van der Waals surface area contributed by atoms with Gasteiger partial charge in [0.05, 0.1) is 5.02 Å². The first-order valence-electron chi connectivity index (χ1n) is 3.26. The molecule has 1 unspecified atom stereocenters. The molecule has 1 rings (SSSR count). The maximum atomic E-state index is 11.9. The quantitative estimate of drug-likeness (QED) is 0.774. The minimum Gasteiger partial charge on any atom is -0.379 e. The molecule has 1 N–H and O–H groups in total. The molecule has 0 amide bonds. The van der Waals surface area contributed by atoms with Gasteiger partial charge in [-0.3, -0.25) is 4.98 Å². The highest BCUT2D eigenvalue weighted by Crippen LogP contribution is 2.32. The summed E-state index contributed by atoms with van der Waals surface area (Å²) < 4.78 is 35.8. The van der Waals surface area contributed by atoms with Crippen molar-refractivity contribution >= 4 is 11.6 Å². The van der Waals surface area contributed by atoms with Crippen molar-refractivity contribution in [3.63, 3.8) is 0 Å². The van der Waals surface area contributed by atoms with Crippen molar-refractivity contribution in [1.82, 2.24) is 4.98 Å². The van der Waals surface area contributed by atoms with Crippen LogP contribution in [0.3, 0.4) is 0 Å². The summed E-state index contributed by atoms with van der Waals surface area (Å²) in [6.45, 7) is 0. The largest absolute Gasteiger partial charge is 0.418 e. The lowest BCUT2D eigenvalue weighted by molar-refractivity contribution is -0.206. The Morgan fingerprint density at radius 3 is 2.46 bits per heavy atom. The molecule has 2 nitrogen and oxygen atoms in total. The van der Waals surface area contributed by atoms with E-state index in [1.807, 2.05) is 0 Å². The predicted octanol–water partition coefficient (Wildman–Crippen LogP) is 2.33. The Kier molecular flexibility index (Phi) is 2.77. The highest BCUT2D eigenvalue weighted by Gasteiger charge is 2.39. The standard InChI is InChI=1S/C7H5ClF3NO/c8-5-1-4(2-12-3-5)6(13)7(9,10)11/h1-3,6,13H. The van der Waals surface area contributed by atoms with Crippen molar-refractivity contribution in [2.45, 2.75) is 12.3 Å². The molecular formula is C7H5ClF3NO. The van der Waals surface area contributed by atoms with Crippen LogP contribution in [0.5, 0.6) is 0 Å². The molecule has 0 aromatic carbocycles. The fourth-order valence-electron chi connectivity index (χ4n) is 0.767. The Balaban J connectivity index is 2.96. The summed E-state index contributed by atoms with van der Waals surface area (Å²) in [7, 11) is 0. The molecule has 1 aromatic heterocycles. The van der Waals surface area contributed by atoms with Crippen LogP contribution in [0.25, 0.3) is 0 Å². The number of hydrogen-bond donors (Lipinski definition) is 1. The van der Waals surface area contributed by atoms with E-state index in [0.717, 1.165) is 12.3 Å². The highest BCUT2D eigenvalue weighted by atomic mass is 35.5. The van der Waals surface area contributed by atoms with Crippen molar-refractivity contribution in [2.75, 3.05) is 0 Å². The van der Waals surface area contributed by atoms with Gasteiger partial charge in [-0.15, -0.1) is 0 Å². The van der Waals surface area contributed by atoms with Gasteiger partial charge in [0, 0.05) is 18.0 Å². The second kappa shape index (κ2) is 3.51. The summed E-state index contributed by atoms with van der Waals surface area (Å²) in [4.78, 5) is 3.43. The number of pyridine rings is 1. The fraction of sp³-hybridized carbons (Fsp3) is 0.286. The highest BCUT2D eigenvalue weighted by molar-refractivity contribution is 6.30. The Bertz CT molecular complexity index is 302. The zero-order valence-corrected chi connectivity index (χ0v) is 6.97. The zero-order valence-electron chi connectivity index (χ0n) is 6.22. The molecule has 72 valence electrons. The Hall–Kier alpha value is -0.810. The third-order valence-electron chi connectivity index (χ3n) is 1.35. The zero-order chi connectivity index (χ0) is 10.1. The molecule has 0 aliphatic heterocycles. The molecule has 0 aliphatic carbocycles. The van der Waals surface area contributed by atoms with E-state index in [9.17, 15) is 13.2 Å². The van der Waals surface area contributed by atoms with Crippen molar-refractivity contribution in [1.29, 1.82) is 0 Å². The van der Waals surface area contributed by atoms with Gasteiger partial charge in [0.15, 0.2) is 6.10 Å². The maximum Gasteiger partial charge on any atom is 0.418 e. The lowest BCUT2D eigenvalue weighted by Gasteiger charge is -2.13. The van der Waals surface area contributed by atoms with Crippen LogP contribution < -0.4 is 0 Å². The van der Waals surface area contributed by atoms with Crippen LogP contribution in [0.1, 0.15) is 11.7 Å². The number of aliphatic hydroxyl groups excluding tert-OH is 1. The third-order valence-corrected chi connectivity index (χ3v) is 1.56. The van der Waals surface area contributed by atoms with Crippen molar-refractivity contribution in [2.24, 2.45) is 0 Å². The number of aliphatic hydroxyl groups is 1. The monoisotopic (exact) mass is 211 g/mol. The van der Waals surface area contributed by atoms with Crippen LogP contribution in [-0.4, -0.2) is 16.3 Å². The summed E-state index contributed by atoms with van der Waals surface area (Å²) in [6.07, 6.45) is -5.11. The Morgan fingerprint density at radius 2 is 2.00 bits per heavy atom. The third kappa shape index (κ3) is 2.57. The van der Waals surface area contributed by atoms with Gasteiger partial charge in [-0.25, -0.2) is 0 Å². The van der Waals surface area contributed by atoms with E-state index in [0.29, 0.717) is 0 Å². The molecule has 0 bridgehead atoms. The number of alkyl halides is 3. The molecule has 6 heteroatoms. The second-order valence-electron chi connectivity index (χ2n) is 2.38. The molecule has 0 radical (unpaired) electrons. The Labute approximate surface area is 77.0 Å². The van der Waals surface area contributed by atoms with Crippen LogP contribution in [0.2, 0.25) is 5.02 Å². The summed E-state index contributed by atoms with van der Waals surface area (Å²) in [6, 6.07) is 1.02. The van der Waals surface area contributed by atoms with Crippen LogP contribution >= 0.6 is 11.6 Å². The molecular weight excluding hydrogens is 207 g/mol. The lowest BCUT2D eigenvalue weighted by Crippen LogP contribution is -2.20. The maximum absolute atomic E-state index is 11.9. The first-order chi connectivity index (χ1) is 5.91. The molecule has 0 fully saturated rings. The first-order valence-corrected chi connectivity index (χ1v) is 3.64. The van der Waals surface area contributed by atoms with Gasteiger partial charge in [0.25, 0.3) is 0 Å². The van der Waals surface area contributed by atoms with Crippen molar-refractivity contribution in [3.05, 3.63) is 29.0 Å². The average molecular weight is 212 g/mol.